The van der Waals surface area contributed by atoms with Crippen LogP contribution < -0.4 is 10.5 Å². The number of carbonyl (C=O) groups is 1. The number of benzene rings is 1. The van der Waals surface area contributed by atoms with E-state index in [1.165, 1.54) is 11.8 Å². The molecule has 0 saturated heterocycles. The molecule has 6 heteroatoms. The summed E-state index contributed by atoms with van der Waals surface area (Å²) in [5, 5.41) is 9.81. The van der Waals surface area contributed by atoms with Crippen LogP contribution in [0.2, 0.25) is 0 Å². The lowest BCUT2D eigenvalue weighted by molar-refractivity contribution is -0.151. The van der Waals surface area contributed by atoms with Crippen LogP contribution in [0.5, 0.6) is 5.75 Å². The third kappa shape index (κ3) is 7.82. The number of aliphatic hydroxyl groups is 1. The summed E-state index contributed by atoms with van der Waals surface area (Å²) in [4.78, 5) is 11.5. The number of anilines is 1. The second-order valence-corrected chi connectivity index (χ2v) is 6.63. The first-order chi connectivity index (χ1) is 9.78. The molecular formula is C15H23NO4S. The zero-order chi connectivity index (χ0) is 15.9. The number of thioether (sulfide) groups is 1. The summed E-state index contributed by atoms with van der Waals surface area (Å²) in [6.45, 7) is 5.60. The minimum absolute atomic E-state index is 0.134. The van der Waals surface area contributed by atoms with Crippen molar-refractivity contribution in [2.24, 2.45) is 0 Å². The number of hydrogen-bond acceptors (Lipinski definition) is 6. The Labute approximate surface area is 129 Å². The second kappa shape index (κ2) is 8.14. The molecule has 21 heavy (non-hydrogen) atoms. The Morgan fingerprint density at radius 2 is 2.05 bits per heavy atom. The van der Waals surface area contributed by atoms with Gasteiger partial charge in [0.1, 0.15) is 18.0 Å². The Morgan fingerprint density at radius 3 is 2.67 bits per heavy atom. The molecule has 0 fully saturated rings. The number of hydrogen-bond donors (Lipinski definition) is 2. The molecule has 1 aromatic carbocycles. The maximum absolute atomic E-state index is 11.5. The number of nitrogens with two attached hydrogens (primary N) is 1. The third-order valence-electron chi connectivity index (χ3n) is 2.30. The predicted octanol–water partition coefficient (Wildman–Crippen LogP) is 2.08. The van der Waals surface area contributed by atoms with Crippen molar-refractivity contribution < 1.29 is 19.4 Å². The normalized spacial score (nSPS) is 12.8. The summed E-state index contributed by atoms with van der Waals surface area (Å²) >= 11 is 1.31. The van der Waals surface area contributed by atoms with Crippen molar-refractivity contribution in [3.63, 3.8) is 0 Å². The van der Waals surface area contributed by atoms with E-state index in [0.29, 0.717) is 17.2 Å². The summed E-state index contributed by atoms with van der Waals surface area (Å²) in [7, 11) is 0. The van der Waals surface area contributed by atoms with Gasteiger partial charge in [0.2, 0.25) is 0 Å². The SMILES string of the molecule is CC(C)(C)OC(=O)CSCC(O)COc1ccccc1N. The standard InChI is InChI=1S/C15H23NO4S/c1-15(2,3)20-14(18)10-21-9-11(17)8-19-13-7-5-4-6-12(13)16/h4-7,11,17H,8-10,16H2,1-3H3. The summed E-state index contributed by atoms with van der Waals surface area (Å²) in [5.74, 6) is 0.870. The van der Waals surface area contributed by atoms with Crippen LogP contribution >= 0.6 is 11.8 Å². The van der Waals surface area contributed by atoms with Crippen molar-refractivity contribution in [2.45, 2.75) is 32.5 Å². The Balaban J connectivity index is 2.21. The fourth-order valence-electron chi connectivity index (χ4n) is 1.50. The van der Waals surface area contributed by atoms with E-state index < -0.39 is 11.7 Å². The minimum Gasteiger partial charge on any atom is -0.489 e. The molecule has 0 radical (unpaired) electrons. The van der Waals surface area contributed by atoms with E-state index in [-0.39, 0.29) is 18.3 Å². The van der Waals surface area contributed by atoms with Gasteiger partial charge in [-0.1, -0.05) is 12.1 Å². The van der Waals surface area contributed by atoms with Crippen LogP contribution in [-0.2, 0) is 9.53 Å². The molecule has 5 nitrogen and oxygen atoms in total. The smallest absolute Gasteiger partial charge is 0.316 e. The fraction of sp³-hybridized carbons (Fsp3) is 0.533. The molecule has 1 rings (SSSR count). The van der Waals surface area contributed by atoms with Gasteiger partial charge in [0.05, 0.1) is 17.5 Å². The number of esters is 1. The number of para-hydroxylation sites is 2. The average molecular weight is 313 g/mol. The number of carbonyl (C=O) groups excluding carboxylic acids is 1. The van der Waals surface area contributed by atoms with E-state index >= 15 is 0 Å². The van der Waals surface area contributed by atoms with Gasteiger partial charge in [0, 0.05) is 5.75 Å². The van der Waals surface area contributed by atoms with Gasteiger partial charge in [0.15, 0.2) is 0 Å². The van der Waals surface area contributed by atoms with Crippen molar-refractivity contribution >= 4 is 23.4 Å². The van der Waals surface area contributed by atoms with E-state index in [0.717, 1.165) is 0 Å². The summed E-state index contributed by atoms with van der Waals surface area (Å²) in [6.07, 6.45) is -0.669. The molecule has 0 aliphatic heterocycles. The second-order valence-electron chi connectivity index (χ2n) is 5.60. The van der Waals surface area contributed by atoms with Crippen LogP contribution in [-0.4, -0.2) is 40.9 Å². The van der Waals surface area contributed by atoms with E-state index in [1.54, 1.807) is 12.1 Å². The number of aliphatic hydroxyl groups excluding tert-OH is 1. The Kier molecular flexibility index (Phi) is 6.84. The first-order valence-electron chi connectivity index (χ1n) is 6.73. The summed E-state index contributed by atoms with van der Waals surface area (Å²) in [5.41, 5.74) is 5.78. The van der Waals surface area contributed by atoms with Crippen LogP contribution in [0, 0.1) is 0 Å². The quantitative estimate of drug-likeness (QED) is 0.592. The molecule has 1 unspecified atom stereocenters. The van der Waals surface area contributed by atoms with E-state index in [4.69, 9.17) is 15.2 Å². The predicted molar refractivity (Wildman–Crippen MR) is 85.5 cm³/mol. The maximum Gasteiger partial charge on any atom is 0.316 e. The Hall–Kier alpha value is -1.40. The van der Waals surface area contributed by atoms with Crippen molar-refractivity contribution in [3.05, 3.63) is 24.3 Å². The van der Waals surface area contributed by atoms with Gasteiger partial charge in [-0.05, 0) is 32.9 Å². The van der Waals surface area contributed by atoms with Gasteiger partial charge < -0.3 is 20.3 Å². The topological polar surface area (TPSA) is 81.8 Å². The van der Waals surface area contributed by atoms with Gasteiger partial charge in [0.25, 0.3) is 0 Å². The lowest BCUT2D eigenvalue weighted by Gasteiger charge is -2.19. The van der Waals surface area contributed by atoms with Crippen LogP contribution in [0.1, 0.15) is 20.8 Å². The summed E-state index contributed by atoms with van der Waals surface area (Å²) in [6, 6.07) is 7.11. The van der Waals surface area contributed by atoms with Crippen molar-refractivity contribution in [2.75, 3.05) is 23.8 Å². The first kappa shape index (κ1) is 17.7. The lowest BCUT2D eigenvalue weighted by atomic mass is 10.2. The molecule has 3 N–H and O–H groups in total. The van der Waals surface area contributed by atoms with Gasteiger partial charge in [-0.3, -0.25) is 4.79 Å². The summed E-state index contributed by atoms with van der Waals surface area (Å²) < 4.78 is 10.6. The Bertz CT molecular complexity index is 459. The van der Waals surface area contributed by atoms with Gasteiger partial charge >= 0.3 is 5.97 Å². The molecule has 1 atom stereocenters. The molecule has 0 spiro atoms. The molecular weight excluding hydrogens is 290 g/mol. The lowest BCUT2D eigenvalue weighted by Crippen LogP contribution is -2.26. The van der Waals surface area contributed by atoms with E-state index in [9.17, 15) is 9.90 Å². The molecule has 0 aliphatic carbocycles. The molecule has 0 aromatic heterocycles. The third-order valence-corrected chi connectivity index (χ3v) is 3.36. The highest BCUT2D eigenvalue weighted by Gasteiger charge is 2.16. The Morgan fingerprint density at radius 1 is 1.38 bits per heavy atom. The van der Waals surface area contributed by atoms with E-state index in [2.05, 4.69) is 0 Å². The highest BCUT2D eigenvalue weighted by Crippen LogP contribution is 2.20. The maximum atomic E-state index is 11.5. The average Bonchev–Trinajstić information content (AvgIpc) is 2.35. The van der Waals surface area contributed by atoms with E-state index in [1.807, 2.05) is 32.9 Å². The fourth-order valence-corrected chi connectivity index (χ4v) is 2.21. The van der Waals surface area contributed by atoms with Gasteiger partial charge in [-0.25, -0.2) is 0 Å². The van der Waals surface area contributed by atoms with Crippen molar-refractivity contribution in [3.8, 4) is 5.75 Å². The van der Waals surface area contributed by atoms with Gasteiger partial charge in [-0.2, -0.15) is 0 Å². The monoisotopic (exact) mass is 313 g/mol. The molecule has 0 amide bonds. The highest BCUT2D eigenvalue weighted by atomic mass is 32.2. The van der Waals surface area contributed by atoms with Crippen LogP contribution in [0.15, 0.2) is 24.3 Å². The number of ether oxygens (including phenoxy) is 2. The first-order valence-corrected chi connectivity index (χ1v) is 7.88. The molecule has 0 heterocycles. The molecule has 0 saturated carbocycles. The highest BCUT2D eigenvalue weighted by molar-refractivity contribution is 7.99. The largest absolute Gasteiger partial charge is 0.489 e. The molecule has 0 aliphatic rings. The van der Waals surface area contributed by atoms with Crippen molar-refractivity contribution in [1.82, 2.24) is 0 Å². The number of nitrogen functional groups attached to an aromatic ring is 1. The van der Waals surface area contributed by atoms with Crippen LogP contribution in [0.3, 0.4) is 0 Å². The van der Waals surface area contributed by atoms with Crippen molar-refractivity contribution in [1.29, 1.82) is 0 Å². The minimum atomic E-state index is -0.669. The zero-order valence-corrected chi connectivity index (χ0v) is 13.5. The number of rotatable bonds is 7. The van der Waals surface area contributed by atoms with Crippen LogP contribution in [0.4, 0.5) is 5.69 Å². The van der Waals surface area contributed by atoms with Crippen LogP contribution in [0.25, 0.3) is 0 Å². The molecule has 118 valence electrons. The molecule has 0 bridgehead atoms. The molecule has 1 aromatic rings. The van der Waals surface area contributed by atoms with Gasteiger partial charge in [-0.15, -0.1) is 11.8 Å². The zero-order valence-electron chi connectivity index (χ0n) is 12.7.